The molecule has 0 N–H and O–H groups in total. The molecule has 0 aromatic rings. The van der Waals surface area contributed by atoms with Crippen molar-refractivity contribution in [3.8, 4) is 0 Å². The van der Waals surface area contributed by atoms with Crippen molar-refractivity contribution in [1.29, 1.82) is 0 Å². The van der Waals surface area contributed by atoms with Gasteiger partial charge in [0, 0.05) is 12.8 Å². The molecule has 0 saturated carbocycles. The number of carbonyl (C=O) groups is 2. The highest BCUT2D eigenvalue weighted by Gasteiger charge is 1.92. The van der Waals surface area contributed by atoms with Crippen molar-refractivity contribution in [3.05, 3.63) is 23.3 Å². The molecular formula is C22H40O2. The number of aldehydes is 1. The predicted molar refractivity (Wildman–Crippen MR) is 106 cm³/mol. The normalized spacial score (nSPS) is 10.6. The maximum Gasteiger partial charge on any atom is 0.130 e. The largest absolute Gasteiger partial charge is 0.303 e. The van der Waals surface area contributed by atoms with Gasteiger partial charge in [-0.3, -0.25) is 0 Å². The second-order valence-electron chi connectivity index (χ2n) is 6.83. The quantitative estimate of drug-likeness (QED) is 0.206. The molecule has 0 aliphatic carbocycles. The SMILES string of the molecule is CC(=O)CC/C=C(\C)CCC=C(C)C.CCCCCCCCC=O. The molecule has 0 atom stereocenters. The van der Waals surface area contributed by atoms with E-state index in [0.717, 1.165) is 38.4 Å². The van der Waals surface area contributed by atoms with Crippen LogP contribution in [0.1, 0.15) is 105 Å². The topological polar surface area (TPSA) is 34.1 Å². The fraction of sp³-hybridized carbons (Fsp3) is 0.727. The highest BCUT2D eigenvalue weighted by molar-refractivity contribution is 5.75. The van der Waals surface area contributed by atoms with Gasteiger partial charge in [-0.2, -0.15) is 0 Å². The van der Waals surface area contributed by atoms with Gasteiger partial charge >= 0.3 is 0 Å². The molecule has 0 amide bonds. The zero-order chi connectivity index (χ0) is 18.6. The number of hydrogen-bond acceptors (Lipinski definition) is 2. The Bertz CT molecular complexity index is 360. The van der Waals surface area contributed by atoms with Crippen molar-refractivity contribution >= 4 is 12.1 Å². The van der Waals surface area contributed by atoms with Gasteiger partial charge in [0.25, 0.3) is 0 Å². The molecule has 0 fully saturated rings. The van der Waals surface area contributed by atoms with Crippen LogP contribution in [0, 0.1) is 0 Å². The highest BCUT2D eigenvalue weighted by Crippen LogP contribution is 2.08. The van der Waals surface area contributed by atoms with E-state index < -0.39 is 0 Å². The standard InChI is InChI=1S/C13H22O.C9H18O/c1-11(2)7-5-8-12(3)9-6-10-13(4)14;1-2-3-4-5-6-7-8-9-10/h7,9H,5-6,8,10H2,1-4H3;9H,2-8H2,1H3/b12-9+;. The molecule has 0 radical (unpaired) electrons. The molecule has 0 saturated heterocycles. The summed E-state index contributed by atoms with van der Waals surface area (Å²) in [5.74, 6) is 0.276. The predicted octanol–water partition coefficient (Wildman–Crippen LogP) is 6.98. The average Bonchev–Trinajstić information content (AvgIpc) is 2.51. The van der Waals surface area contributed by atoms with Gasteiger partial charge in [-0.25, -0.2) is 0 Å². The van der Waals surface area contributed by atoms with E-state index in [1.807, 2.05) is 0 Å². The monoisotopic (exact) mass is 336 g/mol. The summed E-state index contributed by atoms with van der Waals surface area (Å²) < 4.78 is 0. The second kappa shape index (κ2) is 19.9. The van der Waals surface area contributed by atoms with Crippen LogP contribution < -0.4 is 0 Å². The fourth-order valence-corrected chi connectivity index (χ4v) is 2.22. The first-order valence-corrected chi connectivity index (χ1v) is 9.66. The van der Waals surface area contributed by atoms with Gasteiger partial charge in [0.1, 0.15) is 12.1 Å². The molecule has 0 aliphatic rings. The Kier molecular flexibility index (Phi) is 20.7. The maximum absolute atomic E-state index is 10.7. The lowest BCUT2D eigenvalue weighted by atomic mass is 10.1. The lowest BCUT2D eigenvalue weighted by Gasteiger charge is -1.98. The fourth-order valence-electron chi connectivity index (χ4n) is 2.22. The van der Waals surface area contributed by atoms with Crippen LogP contribution in [-0.2, 0) is 9.59 Å². The summed E-state index contributed by atoms with van der Waals surface area (Å²) in [7, 11) is 0. The summed E-state index contributed by atoms with van der Waals surface area (Å²) >= 11 is 0. The summed E-state index contributed by atoms with van der Waals surface area (Å²) in [5.41, 5.74) is 2.77. The Labute approximate surface area is 150 Å². The molecule has 0 aromatic carbocycles. The van der Waals surface area contributed by atoms with Gasteiger partial charge in [0.05, 0.1) is 0 Å². The third-order valence-electron chi connectivity index (χ3n) is 3.76. The van der Waals surface area contributed by atoms with Gasteiger partial charge in [0.2, 0.25) is 0 Å². The van der Waals surface area contributed by atoms with E-state index in [0.29, 0.717) is 6.42 Å². The van der Waals surface area contributed by atoms with Crippen molar-refractivity contribution in [1.82, 2.24) is 0 Å². The molecule has 0 bridgehead atoms. The first-order chi connectivity index (χ1) is 11.4. The van der Waals surface area contributed by atoms with Crippen molar-refractivity contribution in [2.45, 2.75) is 105 Å². The molecule has 0 spiro atoms. The maximum atomic E-state index is 10.7. The summed E-state index contributed by atoms with van der Waals surface area (Å²) in [4.78, 5) is 20.6. The number of hydrogen-bond donors (Lipinski definition) is 0. The molecule has 24 heavy (non-hydrogen) atoms. The summed E-state index contributed by atoms with van der Waals surface area (Å²) in [6, 6.07) is 0. The van der Waals surface area contributed by atoms with Crippen LogP contribution in [0.25, 0.3) is 0 Å². The Morgan fingerprint density at radius 1 is 0.750 bits per heavy atom. The number of unbranched alkanes of at least 4 members (excludes halogenated alkanes) is 6. The van der Waals surface area contributed by atoms with Crippen molar-refractivity contribution in [2.75, 3.05) is 0 Å². The van der Waals surface area contributed by atoms with E-state index >= 15 is 0 Å². The molecule has 0 rings (SSSR count). The van der Waals surface area contributed by atoms with Crippen molar-refractivity contribution in [2.24, 2.45) is 0 Å². The van der Waals surface area contributed by atoms with Crippen LogP contribution in [0.3, 0.4) is 0 Å². The van der Waals surface area contributed by atoms with Crippen LogP contribution in [0.5, 0.6) is 0 Å². The van der Waals surface area contributed by atoms with Crippen LogP contribution in [0.2, 0.25) is 0 Å². The van der Waals surface area contributed by atoms with Gasteiger partial charge < -0.3 is 9.59 Å². The molecule has 2 nitrogen and oxygen atoms in total. The Morgan fingerprint density at radius 3 is 1.88 bits per heavy atom. The Balaban J connectivity index is 0. The first kappa shape index (κ1) is 25.1. The molecule has 2 heteroatoms. The molecule has 140 valence electrons. The Hall–Kier alpha value is -1.18. The molecular weight excluding hydrogens is 296 g/mol. The van der Waals surface area contributed by atoms with E-state index in [1.54, 1.807) is 6.92 Å². The van der Waals surface area contributed by atoms with E-state index in [1.165, 1.54) is 43.3 Å². The number of rotatable bonds is 13. The van der Waals surface area contributed by atoms with Crippen LogP contribution in [0.4, 0.5) is 0 Å². The lowest BCUT2D eigenvalue weighted by molar-refractivity contribution is -0.117. The minimum atomic E-state index is 0.276. The van der Waals surface area contributed by atoms with Gasteiger partial charge in [-0.1, -0.05) is 62.3 Å². The number of ketones is 1. The Morgan fingerprint density at radius 2 is 1.33 bits per heavy atom. The zero-order valence-corrected chi connectivity index (χ0v) is 16.8. The van der Waals surface area contributed by atoms with Crippen LogP contribution in [0.15, 0.2) is 23.3 Å². The van der Waals surface area contributed by atoms with Gasteiger partial charge in [-0.05, 0) is 53.4 Å². The van der Waals surface area contributed by atoms with E-state index in [4.69, 9.17) is 0 Å². The minimum absolute atomic E-state index is 0.276. The van der Waals surface area contributed by atoms with Crippen molar-refractivity contribution < 1.29 is 9.59 Å². The molecule has 0 aliphatic heterocycles. The average molecular weight is 337 g/mol. The summed E-state index contributed by atoms with van der Waals surface area (Å²) in [6.07, 6.45) is 17.6. The van der Waals surface area contributed by atoms with Gasteiger partial charge in [0.15, 0.2) is 0 Å². The number of allylic oxidation sites excluding steroid dienone is 4. The summed E-state index contributed by atoms with van der Waals surface area (Å²) in [5, 5.41) is 0. The zero-order valence-electron chi connectivity index (χ0n) is 16.8. The lowest BCUT2D eigenvalue weighted by Crippen LogP contribution is -1.87. The van der Waals surface area contributed by atoms with Crippen molar-refractivity contribution in [3.63, 3.8) is 0 Å². The van der Waals surface area contributed by atoms with E-state index in [2.05, 4.69) is 39.8 Å². The molecule has 0 aromatic heterocycles. The second-order valence-corrected chi connectivity index (χ2v) is 6.83. The van der Waals surface area contributed by atoms with E-state index in [9.17, 15) is 9.59 Å². The third-order valence-corrected chi connectivity index (χ3v) is 3.76. The number of Topliss-reactive ketones (excluding diaryl/α,β-unsaturated/α-hetero) is 1. The van der Waals surface area contributed by atoms with Gasteiger partial charge in [-0.15, -0.1) is 0 Å². The highest BCUT2D eigenvalue weighted by atomic mass is 16.1. The summed E-state index contributed by atoms with van der Waals surface area (Å²) in [6.45, 7) is 10.2. The van der Waals surface area contributed by atoms with Crippen LogP contribution in [-0.4, -0.2) is 12.1 Å². The first-order valence-electron chi connectivity index (χ1n) is 9.66. The third kappa shape index (κ3) is 25.8. The van der Waals surface area contributed by atoms with E-state index in [-0.39, 0.29) is 5.78 Å². The minimum Gasteiger partial charge on any atom is -0.303 e. The number of carbonyl (C=O) groups excluding carboxylic acids is 2. The van der Waals surface area contributed by atoms with Crippen LogP contribution >= 0.6 is 0 Å². The smallest absolute Gasteiger partial charge is 0.130 e. The molecule has 0 heterocycles. The molecule has 0 unspecified atom stereocenters.